The van der Waals surface area contributed by atoms with Crippen molar-refractivity contribution in [2.45, 2.75) is 44.4 Å². The second-order valence-electron chi connectivity index (χ2n) is 8.11. The molecule has 2 fully saturated rings. The number of carbonyl (C=O) groups excluding carboxylic acids is 2. The molecule has 3 amide bonds. The van der Waals surface area contributed by atoms with Gasteiger partial charge in [-0.15, -0.1) is 11.8 Å². The van der Waals surface area contributed by atoms with Gasteiger partial charge < -0.3 is 20.0 Å². The van der Waals surface area contributed by atoms with Gasteiger partial charge in [0.25, 0.3) is 0 Å². The van der Waals surface area contributed by atoms with Crippen LogP contribution in [-0.4, -0.2) is 72.3 Å². The van der Waals surface area contributed by atoms with Crippen molar-refractivity contribution in [2.24, 2.45) is 0 Å². The molecule has 0 bridgehead atoms. The highest BCUT2D eigenvalue weighted by atomic mass is 32.2. The van der Waals surface area contributed by atoms with Crippen LogP contribution in [0.4, 0.5) is 4.79 Å². The number of amides is 3. The summed E-state index contributed by atoms with van der Waals surface area (Å²) >= 11 is 1.75. The zero-order chi connectivity index (χ0) is 20.3. The first kappa shape index (κ1) is 21.0. The summed E-state index contributed by atoms with van der Waals surface area (Å²) in [6.45, 7) is 13.2. The van der Waals surface area contributed by atoms with Crippen LogP contribution < -0.4 is 10.2 Å². The Labute approximate surface area is 172 Å². The lowest BCUT2D eigenvalue weighted by molar-refractivity contribution is -0.903. The van der Waals surface area contributed by atoms with E-state index in [0.717, 1.165) is 39.3 Å². The number of benzene rings is 1. The highest BCUT2D eigenvalue weighted by Gasteiger charge is 2.39. The van der Waals surface area contributed by atoms with Crippen molar-refractivity contribution >= 4 is 23.7 Å². The lowest BCUT2D eigenvalue weighted by atomic mass is 10.1. The van der Waals surface area contributed by atoms with Crippen molar-refractivity contribution in [3.05, 3.63) is 35.4 Å². The summed E-state index contributed by atoms with van der Waals surface area (Å²) in [6.07, 6.45) is 0. The number of nitrogens with one attached hydrogen (secondary N) is 2. The van der Waals surface area contributed by atoms with Gasteiger partial charge in [0.2, 0.25) is 5.91 Å². The quantitative estimate of drug-likeness (QED) is 0.776. The predicted octanol–water partition coefficient (Wildman–Crippen LogP) is 1.28. The first-order valence-electron chi connectivity index (χ1n) is 10.3. The van der Waals surface area contributed by atoms with Gasteiger partial charge in [-0.05, 0) is 38.8 Å². The molecule has 1 aromatic carbocycles. The smallest absolute Gasteiger partial charge is 0.318 e. The lowest BCUT2D eigenvalue weighted by Crippen LogP contribution is -3.15. The molecule has 0 radical (unpaired) electrons. The predicted molar refractivity (Wildman–Crippen MR) is 113 cm³/mol. The Bertz CT molecular complexity index is 703. The van der Waals surface area contributed by atoms with Crippen LogP contribution in [0.15, 0.2) is 24.3 Å². The molecule has 2 N–H and O–H groups in total. The molecule has 28 heavy (non-hydrogen) atoms. The molecule has 0 unspecified atom stereocenters. The van der Waals surface area contributed by atoms with Gasteiger partial charge in [0.15, 0.2) is 0 Å². The molecule has 0 aromatic heterocycles. The molecule has 0 saturated carbocycles. The van der Waals surface area contributed by atoms with Crippen molar-refractivity contribution in [2.75, 3.05) is 39.3 Å². The fraction of sp³-hybridized carbons (Fsp3) is 0.619. The molecule has 0 aliphatic carbocycles. The SMILES string of the molecule is Cc1ccccc1[C@H]1S[C@H](C)C(=O)N1CC[NH+]1CCN(C(=O)NC(C)C)CC1. The average molecular weight is 406 g/mol. The molecule has 2 heterocycles. The maximum Gasteiger partial charge on any atom is 0.318 e. The van der Waals surface area contributed by atoms with Crippen LogP contribution in [0.2, 0.25) is 0 Å². The summed E-state index contributed by atoms with van der Waals surface area (Å²) in [4.78, 5) is 30.3. The molecule has 2 atom stereocenters. The minimum absolute atomic E-state index is 0.0104. The zero-order valence-electron chi connectivity index (χ0n) is 17.4. The van der Waals surface area contributed by atoms with Crippen LogP contribution in [0.25, 0.3) is 0 Å². The summed E-state index contributed by atoms with van der Waals surface area (Å²) in [7, 11) is 0. The van der Waals surface area contributed by atoms with E-state index in [1.165, 1.54) is 16.0 Å². The number of nitrogens with zero attached hydrogens (tertiary/aromatic N) is 2. The number of urea groups is 1. The third-order valence-electron chi connectivity index (χ3n) is 5.58. The van der Waals surface area contributed by atoms with Crippen molar-refractivity contribution < 1.29 is 14.5 Å². The van der Waals surface area contributed by atoms with Gasteiger partial charge in [0.1, 0.15) is 5.37 Å². The number of hydrogen-bond acceptors (Lipinski definition) is 3. The van der Waals surface area contributed by atoms with E-state index in [2.05, 4.69) is 35.3 Å². The number of rotatable bonds is 5. The molecule has 2 aliphatic rings. The second kappa shape index (κ2) is 9.18. The third-order valence-corrected chi connectivity index (χ3v) is 6.95. The second-order valence-corrected chi connectivity index (χ2v) is 9.54. The van der Waals surface area contributed by atoms with Gasteiger partial charge in [0, 0.05) is 6.04 Å². The Balaban J connectivity index is 1.55. The van der Waals surface area contributed by atoms with Gasteiger partial charge in [-0.25, -0.2) is 4.79 Å². The van der Waals surface area contributed by atoms with E-state index in [9.17, 15) is 9.59 Å². The number of hydrogen-bond donors (Lipinski definition) is 2. The first-order chi connectivity index (χ1) is 13.4. The third kappa shape index (κ3) is 4.81. The Morgan fingerprint density at radius 2 is 1.96 bits per heavy atom. The summed E-state index contributed by atoms with van der Waals surface area (Å²) < 4.78 is 0. The van der Waals surface area contributed by atoms with E-state index in [1.807, 2.05) is 31.7 Å². The van der Waals surface area contributed by atoms with Gasteiger partial charge in [-0.2, -0.15) is 0 Å². The normalized spacial score (nSPS) is 23.5. The Hall–Kier alpha value is -1.73. The van der Waals surface area contributed by atoms with Crippen molar-refractivity contribution in [3.8, 4) is 0 Å². The molecule has 2 aliphatic heterocycles. The van der Waals surface area contributed by atoms with E-state index in [1.54, 1.807) is 11.8 Å². The maximum atomic E-state index is 12.8. The van der Waals surface area contributed by atoms with Crippen molar-refractivity contribution in [1.82, 2.24) is 15.1 Å². The molecular formula is C21H33N4O2S+. The Kier molecular flexibility index (Phi) is 6.88. The summed E-state index contributed by atoms with van der Waals surface area (Å²) in [5.41, 5.74) is 2.49. The van der Waals surface area contributed by atoms with Crippen LogP contribution in [0, 0.1) is 6.92 Å². The van der Waals surface area contributed by atoms with Gasteiger partial charge in [-0.3, -0.25) is 4.79 Å². The molecule has 7 heteroatoms. The molecule has 0 spiro atoms. The number of piperazine rings is 1. The van der Waals surface area contributed by atoms with E-state index >= 15 is 0 Å². The fourth-order valence-electron chi connectivity index (χ4n) is 3.90. The van der Waals surface area contributed by atoms with Crippen LogP contribution in [0.3, 0.4) is 0 Å². The molecule has 2 saturated heterocycles. The fourth-order valence-corrected chi connectivity index (χ4v) is 5.31. The molecule has 3 rings (SSSR count). The van der Waals surface area contributed by atoms with Gasteiger partial charge in [0.05, 0.1) is 44.5 Å². The monoisotopic (exact) mass is 405 g/mol. The zero-order valence-corrected chi connectivity index (χ0v) is 18.2. The molecule has 154 valence electrons. The Morgan fingerprint density at radius 3 is 2.61 bits per heavy atom. The lowest BCUT2D eigenvalue weighted by Gasteiger charge is -2.34. The maximum absolute atomic E-state index is 12.8. The van der Waals surface area contributed by atoms with E-state index < -0.39 is 0 Å². The highest BCUT2D eigenvalue weighted by Crippen LogP contribution is 2.43. The summed E-state index contributed by atoms with van der Waals surface area (Å²) in [5, 5.41) is 3.09. The van der Waals surface area contributed by atoms with Crippen molar-refractivity contribution in [3.63, 3.8) is 0 Å². The topological polar surface area (TPSA) is 57.1 Å². The first-order valence-corrected chi connectivity index (χ1v) is 11.2. The standard InChI is InChI=1S/C21H32N4O2S/c1-15(2)22-21(27)24-12-9-23(10-13-24)11-14-25-19(26)17(4)28-20(25)18-8-6-5-7-16(18)3/h5-8,15,17,20H,9-14H2,1-4H3,(H,22,27)/p+1/t17-,20-/m1/s1. The summed E-state index contributed by atoms with van der Waals surface area (Å²) in [6, 6.07) is 8.57. The van der Waals surface area contributed by atoms with E-state index in [-0.39, 0.29) is 28.6 Å². The summed E-state index contributed by atoms with van der Waals surface area (Å²) in [5.74, 6) is 0.243. The average Bonchev–Trinajstić information content (AvgIpc) is 2.94. The Morgan fingerprint density at radius 1 is 1.29 bits per heavy atom. The number of carbonyl (C=O) groups is 2. The number of aryl methyl sites for hydroxylation is 1. The largest absolute Gasteiger partial charge is 0.336 e. The number of thioether (sulfide) groups is 1. The minimum Gasteiger partial charge on any atom is -0.336 e. The van der Waals surface area contributed by atoms with Crippen LogP contribution in [-0.2, 0) is 4.79 Å². The molecule has 6 nitrogen and oxygen atoms in total. The van der Waals surface area contributed by atoms with Gasteiger partial charge in [-0.1, -0.05) is 24.3 Å². The van der Waals surface area contributed by atoms with Gasteiger partial charge >= 0.3 is 6.03 Å². The molecular weight excluding hydrogens is 372 g/mol. The minimum atomic E-state index is 0.0104. The number of quaternary nitrogens is 1. The van der Waals surface area contributed by atoms with E-state index in [0.29, 0.717) is 0 Å². The van der Waals surface area contributed by atoms with Crippen molar-refractivity contribution in [1.29, 1.82) is 0 Å². The van der Waals surface area contributed by atoms with Crippen LogP contribution in [0.5, 0.6) is 0 Å². The van der Waals surface area contributed by atoms with Crippen LogP contribution in [0.1, 0.15) is 37.3 Å². The molecule has 1 aromatic rings. The van der Waals surface area contributed by atoms with Crippen LogP contribution >= 0.6 is 11.8 Å². The highest BCUT2D eigenvalue weighted by molar-refractivity contribution is 8.01. The van der Waals surface area contributed by atoms with E-state index in [4.69, 9.17) is 0 Å².